The molecule has 2 rings (SSSR count). The number of aryl methyl sites for hydroxylation is 2. The lowest BCUT2D eigenvalue weighted by Crippen LogP contribution is -2.37. The fraction of sp³-hybridized carbons (Fsp3) is 0.583. The van der Waals surface area contributed by atoms with Crippen molar-refractivity contribution in [2.24, 2.45) is 14.1 Å². The predicted molar refractivity (Wildman–Crippen MR) is 81.3 cm³/mol. The molecule has 0 aliphatic heterocycles. The minimum atomic E-state index is -3.07. The van der Waals surface area contributed by atoms with Crippen LogP contribution in [0.5, 0.6) is 0 Å². The molecular weight excluding hydrogens is 311 g/mol. The maximum absolute atomic E-state index is 12.2. The third-order valence-electron chi connectivity index (χ3n) is 3.60. The van der Waals surface area contributed by atoms with Crippen LogP contribution in [-0.2, 0) is 34.3 Å². The number of imidazole rings is 1. The van der Waals surface area contributed by atoms with Crippen LogP contribution in [-0.4, -0.2) is 39.1 Å². The highest BCUT2D eigenvalue weighted by atomic mass is 31.2. The van der Waals surface area contributed by atoms with Gasteiger partial charge in [0.15, 0.2) is 11.2 Å². The number of hydrogen-bond donors (Lipinski definition) is 0. The summed E-state index contributed by atoms with van der Waals surface area (Å²) < 4.78 is 25.7. The molecular formula is C12H19N4O5P. The van der Waals surface area contributed by atoms with E-state index < -0.39 is 18.8 Å². The fourth-order valence-corrected chi connectivity index (χ4v) is 3.30. The molecule has 9 nitrogen and oxygen atoms in total. The average molecular weight is 330 g/mol. The van der Waals surface area contributed by atoms with Crippen molar-refractivity contribution in [3.63, 3.8) is 0 Å². The van der Waals surface area contributed by atoms with E-state index in [4.69, 9.17) is 9.05 Å². The summed E-state index contributed by atoms with van der Waals surface area (Å²) in [5.74, 6) is 0. The first-order valence-corrected chi connectivity index (χ1v) is 8.39. The summed E-state index contributed by atoms with van der Waals surface area (Å²) >= 11 is 0. The molecule has 0 radical (unpaired) electrons. The second-order valence-electron chi connectivity index (χ2n) is 4.87. The van der Waals surface area contributed by atoms with Crippen molar-refractivity contribution < 1.29 is 13.6 Å². The van der Waals surface area contributed by atoms with Crippen molar-refractivity contribution >= 4 is 18.8 Å². The minimum Gasteiger partial charge on any atom is -0.325 e. The zero-order valence-electron chi connectivity index (χ0n) is 13.0. The molecule has 0 amide bonds. The van der Waals surface area contributed by atoms with Gasteiger partial charge in [0.1, 0.15) is 0 Å². The van der Waals surface area contributed by atoms with Gasteiger partial charge in [-0.1, -0.05) is 0 Å². The maximum atomic E-state index is 12.2. The third kappa shape index (κ3) is 2.79. The quantitative estimate of drug-likeness (QED) is 0.707. The topological polar surface area (TPSA) is 97.4 Å². The van der Waals surface area contributed by atoms with Crippen molar-refractivity contribution in [3.8, 4) is 0 Å². The number of rotatable bonds is 6. The fourth-order valence-electron chi connectivity index (χ4n) is 2.26. The summed E-state index contributed by atoms with van der Waals surface area (Å²) in [6, 6.07) is 0. The lowest BCUT2D eigenvalue weighted by atomic mass is 10.4. The van der Waals surface area contributed by atoms with Gasteiger partial charge < -0.3 is 13.6 Å². The number of fused-ring (bicyclic) bond motifs is 1. The Balaban J connectivity index is 2.33. The second kappa shape index (κ2) is 6.20. The lowest BCUT2D eigenvalue weighted by Gasteiger charge is -2.13. The van der Waals surface area contributed by atoms with Crippen molar-refractivity contribution in [2.75, 3.05) is 20.4 Å². The third-order valence-corrected chi connectivity index (χ3v) is 5.58. The van der Waals surface area contributed by atoms with Gasteiger partial charge >= 0.3 is 13.3 Å². The first-order valence-electron chi connectivity index (χ1n) is 6.66. The first-order chi connectivity index (χ1) is 10.3. The normalized spacial score (nSPS) is 12.2. The van der Waals surface area contributed by atoms with E-state index in [2.05, 4.69) is 4.98 Å². The highest BCUT2D eigenvalue weighted by Gasteiger charge is 2.21. The summed E-state index contributed by atoms with van der Waals surface area (Å²) in [6.07, 6.45) is 2.21. The molecule has 0 fully saturated rings. The summed E-state index contributed by atoms with van der Waals surface area (Å²) in [5, 5.41) is 0. The molecule has 2 aromatic rings. The molecule has 0 atom stereocenters. The van der Waals surface area contributed by atoms with Crippen LogP contribution in [0, 0.1) is 0 Å². The van der Waals surface area contributed by atoms with E-state index in [0.717, 1.165) is 4.57 Å². The van der Waals surface area contributed by atoms with Gasteiger partial charge in [-0.2, -0.15) is 0 Å². The van der Waals surface area contributed by atoms with Crippen molar-refractivity contribution in [1.29, 1.82) is 0 Å². The summed E-state index contributed by atoms with van der Waals surface area (Å²) in [6.45, 7) is 0.417. The molecule has 0 aliphatic rings. The van der Waals surface area contributed by atoms with Crippen molar-refractivity contribution in [3.05, 3.63) is 27.2 Å². The molecule has 0 aliphatic carbocycles. The van der Waals surface area contributed by atoms with Gasteiger partial charge in [0.2, 0.25) is 0 Å². The summed E-state index contributed by atoms with van der Waals surface area (Å²) in [4.78, 5) is 28.2. The largest absolute Gasteiger partial charge is 0.332 e. The van der Waals surface area contributed by atoms with E-state index in [9.17, 15) is 14.2 Å². The molecule has 0 unspecified atom stereocenters. The highest BCUT2D eigenvalue weighted by molar-refractivity contribution is 7.53. The van der Waals surface area contributed by atoms with Crippen LogP contribution in [0.3, 0.4) is 0 Å². The second-order valence-corrected chi connectivity index (χ2v) is 7.27. The predicted octanol–water partition coefficient (Wildman–Crippen LogP) is 0.310. The first kappa shape index (κ1) is 16.7. The van der Waals surface area contributed by atoms with Gasteiger partial charge in [-0.25, -0.2) is 9.78 Å². The van der Waals surface area contributed by atoms with Crippen LogP contribution < -0.4 is 11.2 Å². The SMILES string of the molecule is COP(=O)(CCCn1cnc2c1c(=O)n(C)c(=O)n2C)OC. The van der Waals surface area contributed by atoms with E-state index in [1.54, 1.807) is 11.6 Å². The number of hydrogen-bond acceptors (Lipinski definition) is 6. The molecule has 0 saturated carbocycles. The smallest absolute Gasteiger partial charge is 0.325 e. The monoisotopic (exact) mass is 330 g/mol. The van der Waals surface area contributed by atoms with Crippen LogP contribution in [0.15, 0.2) is 15.9 Å². The van der Waals surface area contributed by atoms with Crippen molar-refractivity contribution in [2.45, 2.75) is 13.0 Å². The van der Waals surface area contributed by atoms with Crippen molar-refractivity contribution in [1.82, 2.24) is 18.7 Å². The molecule has 22 heavy (non-hydrogen) atoms. The Labute approximate surface area is 126 Å². The molecule has 2 aromatic heterocycles. The lowest BCUT2D eigenvalue weighted by molar-refractivity contribution is 0.274. The van der Waals surface area contributed by atoms with Gasteiger partial charge in [0, 0.05) is 34.9 Å². The highest BCUT2D eigenvalue weighted by Crippen LogP contribution is 2.46. The van der Waals surface area contributed by atoms with Gasteiger partial charge in [0.05, 0.1) is 12.5 Å². The Kier molecular flexibility index (Phi) is 4.69. The zero-order chi connectivity index (χ0) is 16.5. The molecule has 0 saturated heterocycles. The molecule has 0 N–H and O–H groups in total. The average Bonchev–Trinajstić information content (AvgIpc) is 2.94. The van der Waals surface area contributed by atoms with Crippen LogP contribution in [0.1, 0.15) is 6.42 Å². The van der Waals surface area contributed by atoms with Gasteiger partial charge in [-0.05, 0) is 6.42 Å². The number of aromatic nitrogens is 4. The molecule has 0 bridgehead atoms. The molecule has 2 heterocycles. The van der Waals surface area contributed by atoms with Crippen LogP contribution >= 0.6 is 7.60 Å². The standard InChI is InChI=1S/C12H19N4O5P/c1-14-10-9(11(17)15(2)12(14)18)16(8-13-10)6-5-7-22(19,20-3)21-4/h8H,5-7H2,1-4H3. The van der Waals surface area contributed by atoms with E-state index in [1.165, 1.54) is 32.2 Å². The van der Waals surface area contributed by atoms with E-state index >= 15 is 0 Å². The molecule has 0 aromatic carbocycles. The Bertz CT molecular complexity index is 842. The van der Waals surface area contributed by atoms with E-state index in [1.807, 2.05) is 0 Å². The molecule has 10 heteroatoms. The number of nitrogens with zero attached hydrogens (tertiary/aromatic N) is 4. The van der Waals surface area contributed by atoms with Crippen LogP contribution in [0.2, 0.25) is 0 Å². The van der Waals surface area contributed by atoms with Crippen LogP contribution in [0.25, 0.3) is 11.2 Å². The van der Waals surface area contributed by atoms with E-state index in [-0.39, 0.29) is 6.16 Å². The summed E-state index contributed by atoms with van der Waals surface area (Å²) in [7, 11) is 2.58. The Morgan fingerprint density at radius 2 is 1.82 bits per heavy atom. The van der Waals surface area contributed by atoms with Gasteiger partial charge in [-0.15, -0.1) is 0 Å². The van der Waals surface area contributed by atoms with Crippen LogP contribution in [0.4, 0.5) is 0 Å². The summed E-state index contributed by atoms with van der Waals surface area (Å²) in [5.41, 5.74) is -0.160. The van der Waals surface area contributed by atoms with Gasteiger partial charge in [-0.3, -0.25) is 18.5 Å². The Morgan fingerprint density at radius 3 is 2.41 bits per heavy atom. The van der Waals surface area contributed by atoms with Gasteiger partial charge in [0.25, 0.3) is 5.56 Å². The van der Waals surface area contributed by atoms with E-state index in [0.29, 0.717) is 24.1 Å². The minimum absolute atomic E-state index is 0.228. The Morgan fingerprint density at radius 1 is 1.18 bits per heavy atom. The molecule has 0 spiro atoms. The maximum Gasteiger partial charge on any atom is 0.332 e. The zero-order valence-corrected chi connectivity index (χ0v) is 13.9. The Hall–Kier alpha value is -1.70. The molecule has 122 valence electrons.